The van der Waals surface area contributed by atoms with E-state index in [4.69, 9.17) is 0 Å². The molecule has 4 rings (SSSR count). The maximum absolute atomic E-state index is 4.44. The van der Waals surface area contributed by atoms with Gasteiger partial charge in [0, 0.05) is 38.9 Å². The Morgan fingerprint density at radius 3 is 2.77 bits per heavy atom. The van der Waals surface area contributed by atoms with Gasteiger partial charge in [-0.05, 0) is 12.1 Å². The van der Waals surface area contributed by atoms with Crippen LogP contribution in [0.4, 0.5) is 5.82 Å². The summed E-state index contributed by atoms with van der Waals surface area (Å²) in [6.07, 6.45) is 5.24. The van der Waals surface area contributed by atoms with Crippen LogP contribution in [0.2, 0.25) is 0 Å². The predicted octanol–water partition coefficient (Wildman–Crippen LogP) is 1.07. The second-order valence-corrected chi connectivity index (χ2v) is 5.41. The van der Waals surface area contributed by atoms with Crippen molar-refractivity contribution in [3.8, 4) is 0 Å². The first kappa shape index (κ1) is 13.1. The first-order valence-corrected chi connectivity index (χ1v) is 7.41. The molecule has 1 N–H and O–H groups in total. The number of nitrogens with one attached hydrogen (secondary N) is 1. The zero-order valence-electron chi connectivity index (χ0n) is 12.2. The summed E-state index contributed by atoms with van der Waals surface area (Å²) in [6, 6.07) is 6.06. The van der Waals surface area contributed by atoms with Gasteiger partial charge in [-0.3, -0.25) is 15.0 Å². The third-order valence-electron chi connectivity index (χ3n) is 4.01. The van der Waals surface area contributed by atoms with Crippen molar-refractivity contribution in [2.75, 3.05) is 31.1 Å². The first-order chi connectivity index (χ1) is 10.9. The van der Waals surface area contributed by atoms with Crippen molar-refractivity contribution in [1.82, 2.24) is 30.0 Å². The number of aromatic amines is 1. The summed E-state index contributed by atoms with van der Waals surface area (Å²) in [6.45, 7) is 4.80. The van der Waals surface area contributed by atoms with Gasteiger partial charge in [0.25, 0.3) is 0 Å². The molecule has 0 atom stereocenters. The molecule has 1 saturated heterocycles. The van der Waals surface area contributed by atoms with E-state index in [2.05, 4.69) is 41.0 Å². The molecular weight excluding hydrogens is 278 g/mol. The summed E-state index contributed by atoms with van der Waals surface area (Å²) >= 11 is 0. The van der Waals surface area contributed by atoms with Gasteiger partial charge in [-0.1, -0.05) is 6.07 Å². The summed E-state index contributed by atoms with van der Waals surface area (Å²) in [4.78, 5) is 17.7. The molecule has 0 spiro atoms. The Balaban J connectivity index is 1.45. The van der Waals surface area contributed by atoms with Crippen molar-refractivity contribution in [2.45, 2.75) is 6.54 Å². The van der Waals surface area contributed by atoms with E-state index in [1.165, 1.54) is 0 Å². The van der Waals surface area contributed by atoms with Crippen LogP contribution >= 0.6 is 0 Å². The second-order valence-electron chi connectivity index (χ2n) is 5.41. The molecule has 22 heavy (non-hydrogen) atoms. The molecule has 1 fully saturated rings. The van der Waals surface area contributed by atoms with E-state index in [1.807, 2.05) is 18.3 Å². The Morgan fingerprint density at radius 2 is 1.95 bits per heavy atom. The molecule has 1 aliphatic heterocycles. The summed E-state index contributed by atoms with van der Waals surface area (Å²) < 4.78 is 0. The Hall–Kier alpha value is -2.54. The number of piperazine rings is 1. The molecule has 3 aromatic heterocycles. The van der Waals surface area contributed by atoms with Gasteiger partial charge in [0.15, 0.2) is 5.65 Å². The lowest BCUT2D eigenvalue weighted by atomic mass is 10.2. The molecule has 0 amide bonds. The molecule has 0 unspecified atom stereocenters. The van der Waals surface area contributed by atoms with Crippen LogP contribution in [0.1, 0.15) is 5.69 Å². The Morgan fingerprint density at radius 1 is 1.05 bits per heavy atom. The topological polar surface area (TPSA) is 73.8 Å². The quantitative estimate of drug-likeness (QED) is 0.779. The fourth-order valence-corrected chi connectivity index (χ4v) is 2.84. The molecule has 3 aromatic rings. The monoisotopic (exact) mass is 295 g/mol. The third-order valence-corrected chi connectivity index (χ3v) is 4.01. The molecule has 0 saturated carbocycles. The normalized spacial score (nSPS) is 16.3. The van der Waals surface area contributed by atoms with Gasteiger partial charge >= 0.3 is 0 Å². The minimum absolute atomic E-state index is 0.793. The third kappa shape index (κ3) is 2.50. The van der Waals surface area contributed by atoms with Gasteiger partial charge in [0.05, 0.1) is 17.3 Å². The molecular formula is C15H17N7. The van der Waals surface area contributed by atoms with Crippen LogP contribution < -0.4 is 4.90 Å². The largest absolute Gasteiger partial charge is 0.353 e. The average Bonchev–Trinajstić information content (AvgIpc) is 3.05. The van der Waals surface area contributed by atoms with Crippen LogP contribution in [-0.2, 0) is 6.54 Å². The van der Waals surface area contributed by atoms with Crippen molar-refractivity contribution < 1.29 is 0 Å². The van der Waals surface area contributed by atoms with Gasteiger partial charge in [-0.2, -0.15) is 5.10 Å². The highest BCUT2D eigenvalue weighted by molar-refractivity contribution is 5.86. The van der Waals surface area contributed by atoms with Crippen molar-refractivity contribution >= 4 is 16.9 Å². The molecule has 0 radical (unpaired) electrons. The summed E-state index contributed by atoms with van der Waals surface area (Å²) in [5, 5.41) is 7.94. The Kier molecular flexibility index (Phi) is 3.40. The maximum atomic E-state index is 4.44. The van der Waals surface area contributed by atoms with Crippen molar-refractivity contribution in [3.05, 3.63) is 42.6 Å². The average molecular weight is 295 g/mol. The SMILES string of the molecule is c1ccc(CN2CCN(c3ncnc4[nH]ncc34)CC2)nc1. The van der Waals surface area contributed by atoms with Crippen molar-refractivity contribution in [2.24, 2.45) is 0 Å². The number of pyridine rings is 1. The number of aromatic nitrogens is 5. The highest BCUT2D eigenvalue weighted by Gasteiger charge is 2.20. The van der Waals surface area contributed by atoms with Gasteiger partial charge < -0.3 is 4.90 Å². The van der Waals surface area contributed by atoms with E-state index in [0.717, 1.165) is 55.3 Å². The van der Waals surface area contributed by atoms with Crippen LogP contribution in [-0.4, -0.2) is 56.2 Å². The molecule has 0 aromatic carbocycles. The maximum Gasteiger partial charge on any atom is 0.160 e. The summed E-state index contributed by atoms with van der Waals surface area (Å²) in [5.41, 5.74) is 1.91. The molecule has 7 nitrogen and oxygen atoms in total. The van der Waals surface area contributed by atoms with Crippen LogP contribution in [0.5, 0.6) is 0 Å². The fraction of sp³-hybridized carbons (Fsp3) is 0.333. The lowest BCUT2D eigenvalue weighted by molar-refractivity contribution is 0.247. The number of anilines is 1. The molecule has 112 valence electrons. The highest BCUT2D eigenvalue weighted by Crippen LogP contribution is 2.22. The zero-order valence-corrected chi connectivity index (χ0v) is 12.2. The number of fused-ring (bicyclic) bond motifs is 1. The number of hydrogen-bond acceptors (Lipinski definition) is 6. The lowest BCUT2D eigenvalue weighted by Crippen LogP contribution is -2.46. The van der Waals surface area contributed by atoms with E-state index >= 15 is 0 Å². The van der Waals surface area contributed by atoms with E-state index in [1.54, 1.807) is 12.5 Å². The van der Waals surface area contributed by atoms with Crippen LogP contribution in [0, 0.1) is 0 Å². The van der Waals surface area contributed by atoms with E-state index < -0.39 is 0 Å². The van der Waals surface area contributed by atoms with Gasteiger partial charge in [-0.15, -0.1) is 0 Å². The number of nitrogens with zero attached hydrogens (tertiary/aromatic N) is 6. The molecule has 0 bridgehead atoms. The van der Waals surface area contributed by atoms with Crippen LogP contribution in [0.15, 0.2) is 36.9 Å². The van der Waals surface area contributed by atoms with E-state index in [9.17, 15) is 0 Å². The Labute approximate surface area is 128 Å². The Bertz CT molecular complexity index is 747. The van der Waals surface area contributed by atoms with E-state index in [0.29, 0.717) is 0 Å². The molecule has 7 heteroatoms. The van der Waals surface area contributed by atoms with Crippen molar-refractivity contribution in [3.63, 3.8) is 0 Å². The predicted molar refractivity (Wildman–Crippen MR) is 83.4 cm³/mol. The van der Waals surface area contributed by atoms with Gasteiger partial charge in [0.1, 0.15) is 12.1 Å². The lowest BCUT2D eigenvalue weighted by Gasteiger charge is -2.35. The fourth-order valence-electron chi connectivity index (χ4n) is 2.84. The second kappa shape index (κ2) is 5.69. The highest BCUT2D eigenvalue weighted by atomic mass is 15.3. The smallest absolute Gasteiger partial charge is 0.160 e. The summed E-state index contributed by atoms with van der Waals surface area (Å²) in [7, 11) is 0. The minimum atomic E-state index is 0.793. The number of hydrogen-bond donors (Lipinski definition) is 1. The molecule has 0 aliphatic carbocycles. The van der Waals surface area contributed by atoms with Crippen LogP contribution in [0.25, 0.3) is 11.0 Å². The van der Waals surface area contributed by atoms with Gasteiger partial charge in [0.2, 0.25) is 0 Å². The van der Waals surface area contributed by atoms with Gasteiger partial charge in [-0.25, -0.2) is 9.97 Å². The van der Waals surface area contributed by atoms with Crippen molar-refractivity contribution in [1.29, 1.82) is 0 Å². The number of H-pyrrole nitrogens is 1. The molecule has 1 aliphatic rings. The number of rotatable bonds is 3. The van der Waals surface area contributed by atoms with E-state index in [-0.39, 0.29) is 0 Å². The summed E-state index contributed by atoms with van der Waals surface area (Å²) in [5.74, 6) is 0.969. The minimum Gasteiger partial charge on any atom is -0.353 e. The zero-order chi connectivity index (χ0) is 14.8. The standard InChI is InChI=1S/C15H17N7/c1-2-4-16-12(3-1)10-21-5-7-22(8-6-21)15-13-9-19-20-14(13)17-11-18-15/h1-4,9,11H,5-8,10H2,(H,17,18,19,20). The van der Waals surface area contributed by atoms with Crippen LogP contribution in [0.3, 0.4) is 0 Å². The first-order valence-electron chi connectivity index (χ1n) is 7.41. The molecule has 4 heterocycles.